The van der Waals surface area contributed by atoms with Gasteiger partial charge in [0.2, 0.25) is 10.0 Å². The van der Waals surface area contributed by atoms with Crippen LogP contribution >= 0.6 is 0 Å². The van der Waals surface area contributed by atoms with E-state index < -0.39 is 22.0 Å². The first-order valence-corrected chi connectivity index (χ1v) is 14.0. The number of pyridine rings is 1. The molecule has 8 nitrogen and oxygen atoms in total. The first-order valence-electron chi connectivity index (χ1n) is 12.5. The standard InChI is InChI=1S/C28H33N3O5S.Li.H/c1-21-2-8-26(9-3-21)37(34,35)30-27(28(32)33)20-23-4-6-25(7-5-23)36-19-14-22-12-17-31(18-13-22)24-10-15-29-16-11-24;;/h2-11,15-16,22,27,30H,12-14,17-20H2,1H3,(H,32,33);;. The Labute approximate surface area is 236 Å². The van der Waals surface area contributed by atoms with Crippen molar-refractivity contribution in [3.8, 4) is 5.75 Å². The average molecular weight is 532 g/mol. The molecule has 1 aliphatic rings. The number of rotatable bonds is 11. The molecule has 2 N–H and O–H groups in total. The third-order valence-electron chi connectivity index (χ3n) is 6.73. The van der Waals surface area contributed by atoms with Crippen molar-refractivity contribution in [1.29, 1.82) is 0 Å². The summed E-state index contributed by atoms with van der Waals surface area (Å²) in [4.78, 5) is 18.3. The van der Waals surface area contributed by atoms with E-state index in [9.17, 15) is 18.3 Å². The van der Waals surface area contributed by atoms with Crippen molar-refractivity contribution in [3.05, 3.63) is 84.2 Å². The summed E-state index contributed by atoms with van der Waals surface area (Å²) in [5.74, 6) is 0.103. The van der Waals surface area contributed by atoms with Gasteiger partial charge in [-0.1, -0.05) is 29.8 Å². The van der Waals surface area contributed by atoms with E-state index in [1.807, 2.05) is 31.5 Å². The van der Waals surface area contributed by atoms with Crippen molar-refractivity contribution >= 4 is 40.5 Å². The maximum atomic E-state index is 12.6. The second-order valence-electron chi connectivity index (χ2n) is 9.45. The van der Waals surface area contributed by atoms with E-state index in [4.69, 9.17) is 4.74 Å². The Balaban J connectivity index is 0.00000400. The number of aryl methyl sites for hydroxylation is 1. The van der Waals surface area contributed by atoms with Crippen molar-refractivity contribution < 1.29 is 23.1 Å². The molecule has 0 saturated carbocycles. The van der Waals surface area contributed by atoms with Gasteiger partial charge in [0.15, 0.2) is 0 Å². The molecule has 4 rings (SSSR count). The fraction of sp³-hybridized carbons (Fsp3) is 0.357. The van der Waals surface area contributed by atoms with Gasteiger partial charge in [-0.15, -0.1) is 0 Å². The fourth-order valence-electron chi connectivity index (χ4n) is 4.49. The molecule has 10 heteroatoms. The van der Waals surface area contributed by atoms with Gasteiger partial charge in [-0.05, 0) is 80.5 Å². The van der Waals surface area contributed by atoms with Crippen LogP contribution in [0.4, 0.5) is 5.69 Å². The molecule has 0 bridgehead atoms. The van der Waals surface area contributed by atoms with E-state index in [2.05, 4.69) is 14.6 Å². The van der Waals surface area contributed by atoms with Gasteiger partial charge in [0.25, 0.3) is 0 Å². The first-order chi connectivity index (χ1) is 17.8. The molecule has 38 heavy (non-hydrogen) atoms. The Morgan fingerprint density at radius 1 is 1.05 bits per heavy atom. The molecule has 0 radical (unpaired) electrons. The molecule has 2 heterocycles. The molecule has 1 fully saturated rings. The molecule has 2 aromatic carbocycles. The van der Waals surface area contributed by atoms with E-state index in [-0.39, 0.29) is 30.2 Å². The van der Waals surface area contributed by atoms with Crippen LogP contribution in [0.5, 0.6) is 5.75 Å². The van der Waals surface area contributed by atoms with E-state index in [0.29, 0.717) is 23.8 Å². The third kappa shape index (κ3) is 8.34. The number of benzene rings is 2. The van der Waals surface area contributed by atoms with E-state index in [1.54, 1.807) is 36.4 Å². The zero-order valence-electron chi connectivity index (χ0n) is 20.9. The van der Waals surface area contributed by atoms with Crippen LogP contribution in [0.1, 0.15) is 30.4 Å². The summed E-state index contributed by atoms with van der Waals surface area (Å²) >= 11 is 0. The summed E-state index contributed by atoms with van der Waals surface area (Å²) in [6.07, 6.45) is 6.91. The second kappa shape index (κ2) is 13.8. The van der Waals surface area contributed by atoms with Gasteiger partial charge in [0.1, 0.15) is 11.8 Å². The second-order valence-corrected chi connectivity index (χ2v) is 11.2. The zero-order chi connectivity index (χ0) is 26.3. The Morgan fingerprint density at radius 3 is 2.29 bits per heavy atom. The number of piperidine rings is 1. The minimum absolute atomic E-state index is 0. The summed E-state index contributed by atoms with van der Waals surface area (Å²) in [6.45, 7) is 4.53. The summed E-state index contributed by atoms with van der Waals surface area (Å²) in [5, 5.41) is 9.61. The van der Waals surface area contributed by atoms with Gasteiger partial charge in [-0.2, -0.15) is 4.72 Å². The van der Waals surface area contributed by atoms with Crippen molar-refractivity contribution in [2.45, 2.75) is 43.5 Å². The van der Waals surface area contributed by atoms with Crippen LogP contribution in [0.2, 0.25) is 0 Å². The molecule has 1 unspecified atom stereocenters. The minimum atomic E-state index is -3.95. The quantitative estimate of drug-likeness (QED) is 0.365. The number of carboxylic acid groups (broad SMARTS) is 1. The number of aromatic nitrogens is 1. The number of aliphatic carboxylic acids is 1. The molecular weight excluding hydrogens is 497 g/mol. The SMILES string of the molecule is Cc1ccc(S(=O)(=O)NC(Cc2ccc(OCCC3CCN(c4ccncc4)CC3)cc2)C(=O)O)cc1.[LiH]. The third-order valence-corrected chi connectivity index (χ3v) is 8.21. The number of hydrogen-bond donors (Lipinski definition) is 2. The molecule has 0 aliphatic carbocycles. The van der Waals surface area contributed by atoms with Crippen molar-refractivity contribution in [3.63, 3.8) is 0 Å². The molecule has 1 atom stereocenters. The topological polar surface area (TPSA) is 109 Å². The maximum absolute atomic E-state index is 12.6. The number of sulfonamides is 1. The Bertz CT molecular complexity index is 1260. The van der Waals surface area contributed by atoms with E-state index >= 15 is 0 Å². The Morgan fingerprint density at radius 2 is 1.68 bits per heavy atom. The van der Waals surface area contributed by atoms with Crippen molar-refractivity contribution in [1.82, 2.24) is 9.71 Å². The summed E-state index contributed by atoms with van der Waals surface area (Å²) in [6, 6.07) is 16.2. The molecule has 0 amide bonds. The number of nitrogens with zero attached hydrogens (tertiary/aromatic N) is 2. The van der Waals surface area contributed by atoms with Crippen LogP contribution in [0.25, 0.3) is 0 Å². The molecule has 1 saturated heterocycles. The van der Waals surface area contributed by atoms with Gasteiger partial charge in [-0.3, -0.25) is 9.78 Å². The number of anilines is 1. The number of hydrogen-bond acceptors (Lipinski definition) is 6. The predicted octanol–water partition coefficient (Wildman–Crippen LogP) is 3.40. The molecule has 1 aliphatic heterocycles. The molecular formula is C28H34LiN3O5S. The van der Waals surface area contributed by atoms with Gasteiger partial charge in [-0.25, -0.2) is 8.42 Å². The summed E-state index contributed by atoms with van der Waals surface area (Å²) in [5.41, 5.74) is 2.84. The number of carbonyl (C=O) groups is 1. The number of ether oxygens (including phenoxy) is 1. The molecule has 0 spiro atoms. The van der Waals surface area contributed by atoms with Crippen LogP contribution in [0.15, 0.2) is 78.0 Å². The van der Waals surface area contributed by atoms with Crippen LogP contribution < -0.4 is 14.4 Å². The number of carboxylic acids is 1. The van der Waals surface area contributed by atoms with Crippen molar-refractivity contribution in [2.75, 3.05) is 24.6 Å². The fourth-order valence-corrected chi connectivity index (χ4v) is 5.68. The van der Waals surface area contributed by atoms with Gasteiger partial charge < -0.3 is 14.7 Å². The van der Waals surface area contributed by atoms with Crippen LogP contribution in [-0.4, -0.2) is 69.1 Å². The van der Waals surface area contributed by atoms with Crippen LogP contribution in [0, 0.1) is 12.8 Å². The zero-order valence-corrected chi connectivity index (χ0v) is 21.7. The van der Waals surface area contributed by atoms with Gasteiger partial charge >= 0.3 is 24.8 Å². The van der Waals surface area contributed by atoms with Crippen molar-refractivity contribution in [2.24, 2.45) is 5.92 Å². The van der Waals surface area contributed by atoms with Crippen LogP contribution in [-0.2, 0) is 21.2 Å². The predicted molar refractivity (Wildman–Crippen MR) is 150 cm³/mol. The summed E-state index contributed by atoms with van der Waals surface area (Å²) < 4.78 is 33.5. The average Bonchev–Trinajstić information content (AvgIpc) is 2.90. The van der Waals surface area contributed by atoms with Crippen LogP contribution in [0.3, 0.4) is 0 Å². The monoisotopic (exact) mass is 531 g/mol. The first kappa shape index (κ1) is 29.7. The molecule has 1 aromatic heterocycles. The van der Waals surface area contributed by atoms with Gasteiger partial charge in [0.05, 0.1) is 11.5 Å². The molecule has 198 valence electrons. The Kier molecular flexibility index (Phi) is 10.8. The van der Waals surface area contributed by atoms with Gasteiger partial charge in [0, 0.05) is 31.2 Å². The number of nitrogens with one attached hydrogen (secondary N) is 1. The molecule has 3 aromatic rings. The normalized spacial score (nSPS) is 14.9. The summed E-state index contributed by atoms with van der Waals surface area (Å²) in [7, 11) is -3.95. The van der Waals surface area contributed by atoms with E-state index in [0.717, 1.165) is 37.9 Å². The van der Waals surface area contributed by atoms with E-state index in [1.165, 1.54) is 17.8 Å². The Hall–Kier alpha value is -2.83.